The monoisotopic (exact) mass is 256 g/mol. The molecule has 2 unspecified atom stereocenters. The summed E-state index contributed by atoms with van der Waals surface area (Å²) < 4.78 is 5.37. The second-order valence-corrected chi connectivity index (χ2v) is 4.92. The molecule has 2 heterocycles. The van der Waals surface area contributed by atoms with Gasteiger partial charge in [0.1, 0.15) is 0 Å². The van der Waals surface area contributed by atoms with Crippen LogP contribution in [0.3, 0.4) is 0 Å². The van der Waals surface area contributed by atoms with E-state index in [1.165, 1.54) is 0 Å². The van der Waals surface area contributed by atoms with Crippen LogP contribution < -0.4 is 5.32 Å². The van der Waals surface area contributed by atoms with Crippen LogP contribution in [-0.2, 0) is 14.3 Å². The van der Waals surface area contributed by atoms with Crippen LogP contribution in [0.1, 0.15) is 19.3 Å². The molecule has 6 heteroatoms. The summed E-state index contributed by atoms with van der Waals surface area (Å²) in [5.74, 6) is -0.697. The van der Waals surface area contributed by atoms with Crippen LogP contribution in [0.5, 0.6) is 0 Å². The van der Waals surface area contributed by atoms with E-state index < -0.39 is 5.97 Å². The maximum Gasteiger partial charge on any atom is 0.306 e. The molecule has 0 radical (unpaired) electrons. The number of carboxylic acid groups (broad SMARTS) is 1. The molecule has 0 aromatic carbocycles. The molecular weight excluding hydrogens is 236 g/mol. The lowest BCUT2D eigenvalue weighted by atomic mass is 9.97. The highest BCUT2D eigenvalue weighted by molar-refractivity contribution is 5.79. The lowest BCUT2D eigenvalue weighted by Gasteiger charge is -2.35. The number of piperidine rings is 1. The number of hydrogen-bond donors (Lipinski definition) is 2. The Labute approximate surface area is 106 Å². The summed E-state index contributed by atoms with van der Waals surface area (Å²) in [5.41, 5.74) is 0. The van der Waals surface area contributed by atoms with Crippen LogP contribution in [0, 0.1) is 5.92 Å². The SMILES string of the molecule is O=C(O)CC1CN(C(=O)C2CCCNC2)CCO1. The van der Waals surface area contributed by atoms with Crippen LogP contribution >= 0.6 is 0 Å². The predicted molar refractivity (Wildman–Crippen MR) is 64.2 cm³/mol. The van der Waals surface area contributed by atoms with Gasteiger partial charge >= 0.3 is 5.97 Å². The second kappa shape index (κ2) is 6.15. The number of ether oxygens (including phenoxy) is 1. The quantitative estimate of drug-likeness (QED) is 0.724. The fourth-order valence-electron chi connectivity index (χ4n) is 2.56. The van der Waals surface area contributed by atoms with Gasteiger partial charge in [0.05, 0.1) is 25.0 Å². The Balaban J connectivity index is 1.87. The Morgan fingerprint density at radius 1 is 1.44 bits per heavy atom. The third-order valence-corrected chi connectivity index (χ3v) is 3.50. The van der Waals surface area contributed by atoms with E-state index in [1.54, 1.807) is 4.90 Å². The number of morpholine rings is 1. The van der Waals surface area contributed by atoms with Crippen molar-refractivity contribution in [3.63, 3.8) is 0 Å². The molecule has 18 heavy (non-hydrogen) atoms. The second-order valence-electron chi connectivity index (χ2n) is 4.92. The van der Waals surface area contributed by atoms with Gasteiger partial charge in [-0.25, -0.2) is 0 Å². The maximum absolute atomic E-state index is 12.3. The van der Waals surface area contributed by atoms with E-state index in [1.807, 2.05) is 0 Å². The zero-order valence-corrected chi connectivity index (χ0v) is 10.4. The molecule has 2 N–H and O–H groups in total. The van der Waals surface area contributed by atoms with Crippen molar-refractivity contribution in [1.82, 2.24) is 10.2 Å². The van der Waals surface area contributed by atoms with E-state index in [9.17, 15) is 9.59 Å². The molecule has 2 atom stereocenters. The summed E-state index contributed by atoms with van der Waals surface area (Å²) >= 11 is 0. The molecule has 2 aliphatic heterocycles. The number of nitrogens with zero attached hydrogens (tertiary/aromatic N) is 1. The van der Waals surface area contributed by atoms with Gasteiger partial charge in [0.25, 0.3) is 0 Å². The number of carbonyl (C=O) groups is 2. The number of nitrogens with one attached hydrogen (secondary N) is 1. The number of amides is 1. The molecule has 6 nitrogen and oxygen atoms in total. The van der Waals surface area contributed by atoms with Crippen LogP contribution in [-0.4, -0.2) is 60.8 Å². The van der Waals surface area contributed by atoms with E-state index in [4.69, 9.17) is 9.84 Å². The van der Waals surface area contributed by atoms with Gasteiger partial charge in [-0.1, -0.05) is 0 Å². The minimum Gasteiger partial charge on any atom is -0.481 e. The lowest BCUT2D eigenvalue weighted by Crippen LogP contribution is -2.50. The zero-order valence-electron chi connectivity index (χ0n) is 10.4. The first-order chi connectivity index (χ1) is 8.66. The van der Waals surface area contributed by atoms with E-state index in [0.717, 1.165) is 25.9 Å². The number of carbonyl (C=O) groups excluding carboxylic acids is 1. The van der Waals surface area contributed by atoms with Crippen molar-refractivity contribution in [1.29, 1.82) is 0 Å². The first-order valence-corrected chi connectivity index (χ1v) is 6.49. The average Bonchev–Trinajstić information content (AvgIpc) is 2.38. The van der Waals surface area contributed by atoms with Crippen molar-refractivity contribution >= 4 is 11.9 Å². The summed E-state index contributed by atoms with van der Waals surface area (Å²) in [6.07, 6.45) is 1.55. The highest BCUT2D eigenvalue weighted by atomic mass is 16.5. The van der Waals surface area contributed by atoms with Crippen molar-refractivity contribution in [2.75, 3.05) is 32.8 Å². The number of hydrogen-bond acceptors (Lipinski definition) is 4. The van der Waals surface area contributed by atoms with E-state index in [0.29, 0.717) is 19.7 Å². The fourth-order valence-corrected chi connectivity index (χ4v) is 2.56. The molecule has 2 fully saturated rings. The van der Waals surface area contributed by atoms with E-state index in [-0.39, 0.29) is 24.3 Å². The molecule has 2 rings (SSSR count). The van der Waals surface area contributed by atoms with Gasteiger partial charge in [0.15, 0.2) is 0 Å². The van der Waals surface area contributed by atoms with E-state index in [2.05, 4.69) is 5.32 Å². The molecule has 0 aromatic rings. The minimum atomic E-state index is -0.881. The molecular formula is C12H20N2O4. The van der Waals surface area contributed by atoms with Crippen LogP contribution in [0.15, 0.2) is 0 Å². The molecule has 0 bridgehead atoms. The first kappa shape index (κ1) is 13.3. The summed E-state index contributed by atoms with van der Waals surface area (Å²) in [6, 6.07) is 0. The Morgan fingerprint density at radius 3 is 2.94 bits per heavy atom. The molecule has 0 saturated carbocycles. The number of rotatable bonds is 3. The molecule has 2 aliphatic rings. The van der Waals surface area contributed by atoms with Gasteiger partial charge < -0.3 is 20.1 Å². The normalized spacial score (nSPS) is 29.0. The summed E-state index contributed by atoms with van der Waals surface area (Å²) in [7, 11) is 0. The fraction of sp³-hybridized carbons (Fsp3) is 0.833. The number of aliphatic carboxylic acids is 1. The Kier molecular flexibility index (Phi) is 4.54. The maximum atomic E-state index is 12.3. The van der Waals surface area contributed by atoms with Gasteiger partial charge in [0.2, 0.25) is 5.91 Å². The van der Waals surface area contributed by atoms with Crippen LogP contribution in [0.4, 0.5) is 0 Å². The Hall–Kier alpha value is -1.14. The van der Waals surface area contributed by atoms with Crippen molar-refractivity contribution in [2.24, 2.45) is 5.92 Å². The van der Waals surface area contributed by atoms with Crippen LogP contribution in [0.25, 0.3) is 0 Å². The van der Waals surface area contributed by atoms with Crippen molar-refractivity contribution < 1.29 is 19.4 Å². The van der Waals surface area contributed by atoms with E-state index >= 15 is 0 Å². The number of carboxylic acids is 1. The van der Waals surface area contributed by atoms with Crippen molar-refractivity contribution in [2.45, 2.75) is 25.4 Å². The van der Waals surface area contributed by atoms with Crippen molar-refractivity contribution in [3.8, 4) is 0 Å². The molecule has 102 valence electrons. The molecule has 1 amide bonds. The van der Waals surface area contributed by atoms with Gasteiger partial charge in [-0.05, 0) is 19.4 Å². The largest absolute Gasteiger partial charge is 0.481 e. The Morgan fingerprint density at radius 2 is 2.28 bits per heavy atom. The van der Waals surface area contributed by atoms with Crippen LogP contribution in [0.2, 0.25) is 0 Å². The highest BCUT2D eigenvalue weighted by Crippen LogP contribution is 2.17. The summed E-state index contributed by atoms with van der Waals surface area (Å²) in [6.45, 7) is 3.13. The van der Waals surface area contributed by atoms with Crippen molar-refractivity contribution in [3.05, 3.63) is 0 Å². The summed E-state index contributed by atoms with van der Waals surface area (Å²) in [4.78, 5) is 24.7. The smallest absolute Gasteiger partial charge is 0.306 e. The van der Waals surface area contributed by atoms with Gasteiger partial charge in [0, 0.05) is 19.6 Å². The summed E-state index contributed by atoms with van der Waals surface area (Å²) in [5, 5.41) is 12.0. The lowest BCUT2D eigenvalue weighted by molar-refractivity contribution is -0.150. The molecule has 2 saturated heterocycles. The standard InChI is InChI=1S/C12H20N2O4/c15-11(16)6-10-8-14(4-5-18-10)12(17)9-2-1-3-13-7-9/h9-10,13H,1-8H2,(H,15,16). The molecule has 0 aromatic heterocycles. The highest BCUT2D eigenvalue weighted by Gasteiger charge is 2.30. The topological polar surface area (TPSA) is 78.9 Å². The third-order valence-electron chi connectivity index (χ3n) is 3.50. The molecule has 0 spiro atoms. The predicted octanol–water partition coefficient (Wildman–Crippen LogP) is -0.312. The zero-order chi connectivity index (χ0) is 13.0. The minimum absolute atomic E-state index is 0.0350. The third kappa shape index (κ3) is 3.43. The average molecular weight is 256 g/mol. The first-order valence-electron chi connectivity index (χ1n) is 6.49. The Bertz CT molecular complexity index is 315. The van der Waals surface area contributed by atoms with Gasteiger partial charge in [-0.2, -0.15) is 0 Å². The van der Waals surface area contributed by atoms with Gasteiger partial charge in [-0.15, -0.1) is 0 Å². The van der Waals surface area contributed by atoms with Gasteiger partial charge in [-0.3, -0.25) is 9.59 Å². The molecule has 0 aliphatic carbocycles.